The summed E-state index contributed by atoms with van der Waals surface area (Å²) in [5.74, 6) is -0.590. The monoisotopic (exact) mass is 734 g/mol. The van der Waals surface area contributed by atoms with Gasteiger partial charge < -0.3 is 35.7 Å². The second kappa shape index (κ2) is 11.7. The van der Waals surface area contributed by atoms with Crippen LogP contribution in [0, 0.1) is 5.92 Å². The normalized spacial score (nSPS) is 33.1. The number of rotatable bonds is 10. The fourth-order valence-corrected chi connectivity index (χ4v) is 7.94. The number of aliphatic hydroxyl groups excluding tert-OH is 1. The number of aromatic amines is 1. The number of hydrogen-bond acceptors (Lipinski definition) is 17. The molecule has 47 heavy (non-hydrogen) atoms. The molecule has 3 aliphatic heterocycles. The number of nitrogens with one attached hydrogen (secondary N) is 1. The number of ether oxygens (including phenoxy) is 3. The Hall–Kier alpha value is -2.66. The van der Waals surface area contributed by atoms with Gasteiger partial charge in [0.1, 0.15) is 35.8 Å². The zero-order chi connectivity index (χ0) is 33.5. The Labute approximate surface area is 273 Å². The van der Waals surface area contributed by atoms with Crippen molar-refractivity contribution in [1.82, 2.24) is 39.0 Å². The number of nitrogens with two attached hydrogens (primary N) is 2. The quantitative estimate of drug-likeness (QED) is 0.0844. The van der Waals surface area contributed by atoms with E-state index in [-0.39, 0.29) is 36.1 Å². The smallest absolute Gasteiger partial charge is 0.386 e. The van der Waals surface area contributed by atoms with E-state index in [9.17, 15) is 23.9 Å². The Morgan fingerprint density at radius 1 is 1.11 bits per heavy atom. The standard InChI is InChI=1S/C22H28N10O11P2S2/c1-8-9(41-19(12(8)33)32-7-28-11-17(32)29-21(24)30-18(11)34)2-39-45(37,47)43-14-13-20(31-6-27-10-15(23)25-5-26-16(10)31)42-22(14,3-38-13)4-40-44(35,36)46/h5-9,12-14,19-20,33H,2-4H2,1H3,(H,37,47)(H2,23,25,26)(H2,35,36,46)(H3,24,29,30,34)/t8-,9-,12-,13-,14+,19-,20-,22-,45+/m1/s1. The zero-order valence-electron chi connectivity index (χ0n) is 24.0. The number of imidazole rings is 2. The van der Waals surface area contributed by atoms with E-state index in [1.54, 1.807) is 6.92 Å². The molecule has 21 nitrogen and oxygen atoms in total. The lowest BCUT2D eigenvalue weighted by atomic mass is 10.0. The number of H-pyrrole nitrogens is 1. The summed E-state index contributed by atoms with van der Waals surface area (Å²) in [5.41, 5.74) is 10.2. The summed E-state index contributed by atoms with van der Waals surface area (Å²) in [5, 5.41) is 11.0. The summed E-state index contributed by atoms with van der Waals surface area (Å²) >= 11 is 7.75. The molecule has 7 N–H and O–H groups in total. The number of aromatic nitrogens is 8. The summed E-state index contributed by atoms with van der Waals surface area (Å²) in [6, 6.07) is 0. The molecule has 25 heteroatoms. The molecule has 0 radical (unpaired) electrons. The van der Waals surface area contributed by atoms with Crippen molar-refractivity contribution in [2.45, 2.75) is 49.4 Å². The van der Waals surface area contributed by atoms with Gasteiger partial charge in [0.15, 0.2) is 35.1 Å². The minimum absolute atomic E-state index is 0.00229. The maximum Gasteiger partial charge on any atom is 0.386 e. The Morgan fingerprint density at radius 3 is 2.57 bits per heavy atom. The highest BCUT2D eigenvalue weighted by atomic mass is 32.7. The van der Waals surface area contributed by atoms with Crippen LogP contribution in [0.1, 0.15) is 19.4 Å². The van der Waals surface area contributed by atoms with Crippen LogP contribution >= 0.6 is 38.1 Å². The van der Waals surface area contributed by atoms with Crippen LogP contribution in [0.15, 0.2) is 23.8 Å². The van der Waals surface area contributed by atoms with E-state index < -0.39 is 74.2 Å². The molecule has 10 atom stereocenters. The zero-order valence-corrected chi connectivity index (χ0v) is 27.6. The predicted octanol–water partition coefficient (Wildman–Crippen LogP) is 0.171. The van der Waals surface area contributed by atoms with E-state index in [2.05, 4.69) is 54.4 Å². The summed E-state index contributed by atoms with van der Waals surface area (Å²) in [6.07, 6.45) is -2.23. The van der Waals surface area contributed by atoms with E-state index in [0.717, 1.165) is 0 Å². The Balaban J connectivity index is 1.10. The Kier molecular flexibility index (Phi) is 8.21. The fraction of sp³-hybridized carbons (Fsp3) is 0.545. The molecule has 0 aliphatic carbocycles. The van der Waals surface area contributed by atoms with Crippen LogP contribution in [0.25, 0.3) is 22.3 Å². The molecule has 4 aromatic heterocycles. The van der Waals surface area contributed by atoms with Gasteiger partial charge in [-0.25, -0.2) is 29.1 Å². The minimum Gasteiger partial charge on any atom is -0.388 e. The van der Waals surface area contributed by atoms with Gasteiger partial charge in [-0.3, -0.25) is 32.5 Å². The SMILES string of the molecule is C[C@H]1[C@@H](O)[C@H](n2cnc3c(=O)[nH]c(N)nc32)O[C@@H]1CO[P@](=O)(S)O[C@H]1[C@H]2OC[C@]1(COP(=O)(O)S)O[C@H]2n1cnc2c(N)ncnc21. The number of nitrogens with zero attached hydrogens (tertiary/aromatic N) is 7. The number of fused-ring (bicyclic) bond motifs is 4. The van der Waals surface area contributed by atoms with Gasteiger partial charge in [0.05, 0.1) is 38.6 Å². The molecular weight excluding hydrogens is 706 g/mol. The molecule has 0 amide bonds. The molecular formula is C22H28N10O11P2S2. The average Bonchev–Trinajstić information content (AvgIpc) is 3.80. The molecule has 1 unspecified atom stereocenters. The summed E-state index contributed by atoms with van der Waals surface area (Å²) < 4.78 is 63.4. The first-order chi connectivity index (χ1) is 22.2. The highest BCUT2D eigenvalue weighted by Gasteiger charge is 2.65. The third kappa shape index (κ3) is 5.87. The molecule has 4 aromatic rings. The molecule has 0 spiro atoms. The number of anilines is 2. The largest absolute Gasteiger partial charge is 0.388 e. The van der Waals surface area contributed by atoms with E-state index in [0.29, 0.717) is 11.2 Å². The molecule has 2 bridgehead atoms. The van der Waals surface area contributed by atoms with Crippen molar-refractivity contribution in [1.29, 1.82) is 0 Å². The van der Waals surface area contributed by atoms with Crippen LogP contribution in [-0.4, -0.2) is 98.9 Å². The van der Waals surface area contributed by atoms with E-state index >= 15 is 0 Å². The van der Waals surface area contributed by atoms with Crippen LogP contribution in [-0.2, 0) is 36.9 Å². The van der Waals surface area contributed by atoms with Gasteiger partial charge in [-0.1, -0.05) is 31.4 Å². The van der Waals surface area contributed by atoms with Crippen molar-refractivity contribution >= 4 is 72.2 Å². The number of nitrogen functional groups attached to an aromatic ring is 2. The van der Waals surface area contributed by atoms with Crippen molar-refractivity contribution in [2.75, 3.05) is 31.3 Å². The molecule has 3 saturated heterocycles. The minimum atomic E-state index is -4.30. The first-order valence-corrected chi connectivity index (χ1v) is 19.2. The lowest BCUT2D eigenvalue weighted by Crippen LogP contribution is -2.45. The van der Waals surface area contributed by atoms with Crippen LogP contribution < -0.4 is 17.0 Å². The topological polar surface area (TPSA) is 289 Å². The molecule has 0 aromatic carbocycles. The second-order valence-corrected chi connectivity index (χ2v) is 16.8. The van der Waals surface area contributed by atoms with E-state index in [1.165, 1.54) is 28.1 Å². The van der Waals surface area contributed by atoms with Crippen molar-refractivity contribution < 1.29 is 46.9 Å². The molecule has 3 fully saturated rings. The lowest BCUT2D eigenvalue weighted by Gasteiger charge is -2.31. The predicted molar refractivity (Wildman–Crippen MR) is 166 cm³/mol. The van der Waals surface area contributed by atoms with Crippen LogP contribution in [0.2, 0.25) is 0 Å². The molecule has 7 rings (SSSR count). The van der Waals surface area contributed by atoms with Gasteiger partial charge in [0.25, 0.3) is 5.56 Å². The van der Waals surface area contributed by atoms with Gasteiger partial charge in [-0.15, -0.1) is 0 Å². The van der Waals surface area contributed by atoms with Crippen LogP contribution in [0.3, 0.4) is 0 Å². The fourth-order valence-electron chi connectivity index (χ4n) is 5.88. The van der Waals surface area contributed by atoms with Gasteiger partial charge in [0, 0.05) is 5.92 Å². The second-order valence-electron chi connectivity index (χ2n) is 11.2. The summed E-state index contributed by atoms with van der Waals surface area (Å²) in [4.78, 5) is 44.8. The van der Waals surface area contributed by atoms with Gasteiger partial charge in [-0.05, 0) is 0 Å². The first-order valence-electron chi connectivity index (χ1n) is 13.8. The van der Waals surface area contributed by atoms with Crippen molar-refractivity contribution in [2.24, 2.45) is 5.92 Å². The van der Waals surface area contributed by atoms with Crippen LogP contribution in [0.4, 0.5) is 11.8 Å². The first kappa shape index (κ1) is 32.9. The highest BCUT2D eigenvalue weighted by molar-refractivity contribution is 8.44. The Morgan fingerprint density at radius 2 is 1.83 bits per heavy atom. The van der Waals surface area contributed by atoms with Crippen LogP contribution in [0.5, 0.6) is 0 Å². The average molecular weight is 735 g/mol. The van der Waals surface area contributed by atoms with E-state index in [4.69, 9.17) is 39.2 Å². The maximum absolute atomic E-state index is 13.7. The molecule has 3 aliphatic rings. The lowest BCUT2D eigenvalue weighted by molar-refractivity contribution is -0.182. The van der Waals surface area contributed by atoms with E-state index in [1.807, 2.05) is 0 Å². The van der Waals surface area contributed by atoms with Gasteiger partial charge in [0.2, 0.25) is 5.95 Å². The number of thiol groups is 2. The van der Waals surface area contributed by atoms with Crippen molar-refractivity contribution in [3.63, 3.8) is 0 Å². The maximum atomic E-state index is 13.7. The molecule has 7 heterocycles. The number of aliphatic hydroxyl groups is 1. The van der Waals surface area contributed by atoms with Gasteiger partial charge in [-0.2, -0.15) is 4.98 Å². The molecule has 0 saturated carbocycles. The Bertz CT molecular complexity index is 2010. The van der Waals surface area contributed by atoms with Gasteiger partial charge >= 0.3 is 13.6 Å². The molecule has 254 valence electrons. The number of hydrogen-bond donors (Lipinski definition) is 7. The summed E-state index contributed by atoms with van der Waals surface area (Å²) in [7, 11) is 0. The third-order valence-electron chi connectivity index (χ3n) is 8.22. The summed E-state index contributed by atoms with van der Waals surface area (Å²) in [6.45, 7) is -7.96. The highest BCUT2D eigenvalue weighted by Crippen LogP contribution is 2.61. The van der Waals surface area contributed by atoms with Crippen molar-refractivity contribution in [3.8, 4) is 0 Å². The van der Waals surface area contributed by atoms with Crippen molar-refractivity contribution in [3.05, 3.63) is 29.3 Å². The third-order valence-corrected chi connectivity index (χ3v) is 10.6.